The Bertz CT molecular complexity index is 403. The number of carboxylic acids is 1. The Morgan fingerprint density at radius 2 is 2.17 bits per heavy atom. The number of nitrogens with one attached hydrogen (secondary N) is 1. The number of hydrogen-bond acceptors (Lipinski definition) is 3. The van der Waals surface area contributed by atoms with E-state index in [-0.39, 0.29) is 6.42 Å². The van der Waals surface area contributed by atoms with Crippen LogP contribution in [0.15, 0.2) is 24.3 Å². The smallest absolute Gasteiger partial charge is 0.307 e. The molecule has 1 atom stereocenters. The molecule has 2 N–H and O–H groups in total. The van der Waals surface area contributed by atoms with Crippen molar-refractivity contribution < 1.29 is 9.90 Å². The molecule has 0 radical (unpaired) electrons. The van der Waals surface area contributed by atoms with Crippen LogP contribution in [0, 0.1) is 0 Å². The second kappa shape index (κ2) is 6.81. The van der Waals surface area contributed by atoms with Crippen molar-refractivity contribution in [3.8, 4) is 0 Å². The average molecular weight is 265 g/mol. The first-order valence-electron chi connectivity index (χ1n) is 6.35. The van der Waals surface area contributed by atoms with Gasteiger partial charge in [0.15, 0.2) is 0 Å². The number of thioether (sulfide) groups is 1. The van der Waals surface area contributed by atoms with Gasteiger partial charge in [-0.2, -0.15) is 11.8 Å². The van der Waals surface area contributed by atoms with E-state index in [4.69, 9.17) is 5.11 Å². The maximum Gasteiger partial charge on any atom is 0.307 e. The summed E-state index contributed by atoms with van der Waals surface area (Å²) in [6.45, 7) is 0.772. The number of aliphatic carboxylic acids is 1. The van der Waals surface area contributed by atoms with Crippen LogP contribution < -0.4 is 5.32 Å². The van der Waals surface area contributed by atoms with Gasteiger partial charge < -0.3 is 10.4 Å². The van der Waals surface area contributed by atoms with E-state index in [1.54, 1.807) is 0 Å². The Morgan fingerprint density at radius 3 is 2.83 bits per heavy atom. The Kier molecular flexibility index (Phi) is 5.08. The van der Waals surface area contributed by atoms with E-state index in [2.05, 4.69) is 5.32 Å². The fourth-order valence-electron chi connectivity index (χ4n) is 2.22. The molecule has 1 heterocycles. The Balaban J connectivity index is 1.93. The van der Waals surface area contributed by atoms with E-state index in [0.29, 0.717) is 6.04 Å². The lowest BCUT2D eigenvalue weighted by Gasteiger charge is -2.23. The first kappa shape index (κ1) is 13.4. The molecule has 1 saturated heterocycles. The minimum Gasteiger partial charge on any atom is -0.481 e. The number of carbonyl (C=O) groups is 1. The Morgan fingerprint density at radius 1 is 1.39 bits per heavy atom. The van der Waals surface area contributed by atoms with Gasteiger partial charge in [0.05, 0.1) is 6.42 Å². The molecule has 0 amide bonds. The second-order valence-electron chi connectivity index (χ2n) is 4.63. The van der Waals surface area contributed by atoms with Gasteiger partial charge in [-0.1, -0.05) is 24.3 Å². The molecule has 1 fully saturated rings. The molecule has 1 aromatic rings. The Labute approximate surface area is 112 Å². The first-order chi connectivity index (χ1) is 8.75. The topological polar surface area (TPSA) is 49.3 Å². The molecule has 18 heavy (non-hydrogen) atoms. The summed E-state index contributed by atoms with van der Waals surface area (Å²) in [6, 6.07) is 8.36. The summed E-state index contributed by atoms with van der Waals surface area (Å²) in [5.74, 6) is 1.67. The highest BCUT2D eigenvalue weighted by Gasteiger charge is 2.13. The Hall–Kier alpha value is -1.00. The van der Waals surface area contributed by atoms with Crippen LogP contribution in [0.4, 0.5) is 0 Å². The van der Waals surface area contributed by atoms with Crippen LogP contribution in [-0.4, -0.2) is 28.6 Å². The van der Waals surface area contributed by atoms with Crippen LogP contribution >= 0.6 is 11.8 Å². The summed E-state index contributed by atoms with van der Waals surface area (Å²) >= 11 is 2.00. The molecule has 0 bridgehead atoms. The van der Waals surface area contributed by atoms with Gasteiger partial charge in [0.1, 0.15) is 0 Å². The number of carboxylic acid groups (broad SMARTS) is 1. The largest absolute Gasteiger partial charge is 0.481 e. The average Bonchev–Trinajstić information content (AvgIpc) is 2.38. The van der Waals surface area contributed by atoms with E-state index >= 15 is 0 Å². The van der Waals surface area contributed by atoms with Crippen molar-refractivity contribution in [3.63, 3.8) is 0 Å². The fraction of sp³-hybridized carbons (Fsp3) is 0.500. The van der Waals surface area contributed by atoms with Gasteiger partial charge in [-0.3, -0.25) is 4.79 Å². The van der Waals surface area contributed by atoms with Gasteiger partial charge in [-0.25, -0.2) is 0 Å². The van der Waals surface area contributed by atoms with Gasteiger partial charge in [0.2, 0.25) is 0 Å². The highest BCUT2D eigenvalue weighted by Crippen LogP contribution is 2.18. The third-order valence-corrected chi connectivity index (χ3v) is 4.42. The van der Waals surface area contributed by atoms with E-state index in [0.717, 1.165) is 17.7 Å². The standard InChI is InChI=1S/C14H19NO2S/c16-14(17)8-11-4-1-2-5-12(11)9-15-13-6-3-7-18-10-13/h1-2,4-5,13,15H,3,6-10H2,(H,16,17). The van der Waals surface area contributed by atoms with Crippen molar-refractivity contribution in [2.45, 2.75) is 31.8 Å². The molecule has 0 saturated carbocycles. The van der Waals surface area contributed by atoms with Crippen molar-refractivity contribution in [3.05, 3.63) is 35.4 Å². The fourth-order valence-corrected chi connectivity index (χ4v) is 3.33. The molecular weight excluding hydrogens is 246 g/mol. The summed E-state index contributed by atoms with van der Waals surface area (Å²) < 4.78 is 0. The van der Waals surface area contributed by atoms with E-state index in [1.165, 1.54) is 24.3 Å². The lowest BCUT2D eigenvalue weighted by atomic mass is 10.0. The van der Waals surface area contributed by atoms with Crippen molar-refractivity contribution in [1.82, 2.24) is 5.32 Å². The minimum atomic E-state index is -0.768. The number of benzene rings is 1. The molecule has 3 nitrogen and oxygen atoms in total. The molecule has 1 unspecified atom stereocenters. The summed E-state index contributed by atoms with van der Waals surface area (Å²) in [6.07, 6.45) is 2.62. The predicted octanol–water partition coefficient (Wildman–Crippen LogP) is 2.30. The summed E-state index contributed by atoms with van der Waals surface area (Å²) in [5, 5.41) is 12.4. The molecule has 4 heteroatoms. The van der Waals surface area contributed by atoms with Gasteiger partial charge in [0, 0.05) is 18.3 Å². The minimum absolute atomic E-state index is 0.108. The third-order valence-electron chi connectivity index (χ3n) is 3.20. The van der Waals surface area contributed by atoms with E-state index < -0.39 is 5.97 Å². The van der Waals surface area contributed by atoms with Crippen LogP contribution in [0.2, 0.25) is 0 Å². The molecule has 0 spiro atoms. The third kappa shape index (κ3) is 4.03. The van der Waals surface area contributed by atoms with E-state index in [1.807, 2.05) is 36.0 Å². The number of hydrogen-bond donors (Lipinski definition) is 2. The van der Waals surface area contributed by atoms with Crippen molar-refractivity contribution >= 4 is 17.7 Å². The van der Waals surface area contributed by atoms with Crippen LogP contribution in [0.25, 0.3) is 0 Å². The molecular formula is C14H19NO2S. The van der Waals surface area contributed by atoms with Crippen molar-refractivity contribution in [1.29, 1.82) is 0 Å². The van der Waals surface area contributed by atoms with Gasteiger partial charge >= 0.3 is 5.97 Å². The lowest BCUT2D eigenvalue weighted by Crippen LogP contribution is -2.33. The maximum absolute atomic E-state index is 10.8. The van der Waals surface area contributed by atoms with E-state index in [9.17, 15) is 4.79 Å². The van der Waals surface area contributed by atoms with Crippen molar-refractivity contribution in [2.24, 2.45) is 0 Å². The molecule has 1 aliphatic heterocycles. The second-order valence-corrected chi connectivity index (χ2v) is 5.78. The zero-order valence-corrected chi connectivity index (χ0v) is 11.2. The van der Waals surface area contributed by atoms with Crippen molar-refractivity contribution in [2.75, 3.05) is 11.5 Å². The predicted molar refractivity (Wildman–Crippen MR) is 75.0 cm³/mol. The molecule has 1 aliphatic rings. The summed E-state index contributed by atoms with van der Waals surface area (Å²) in [7, 11) is 0. The highest BCUT2D eigenvalue weighted by atomic mass is 32.2. The highest BCUT2D eigenvalue weighted by molar-refractivity contribution is 7.99. The van der Waals surface area contributed by atoms with Crippen LogP contribution in [0.5, 0.6) is 0 Å². The van der Waals surface area contributed by atoms with Gasteiger partial charge in [-0.05, 0) is 29.7 Å². The van der Waals surface area contributed by atoms with Crippen LogP contribution in [0.1, 0.15) is 24.0 Å². The van der Waals surface area contributed by atoms with Crippen LogP contribution in [-0.2, 0) is 17.8 Å². The molecule has 1 aromatic carbocycles. The SMILES string of the molecule is O=C(O)Cc1ccccc1CNC1CCCSC1. The summed E-state index contributed by atoms with van der Waals surface area (Å²) in [4.78, 5) is 10.8. The maximum atomic E-state index is 10.8. The van der Waals surface area contributed by atoms with Gasteiger partial charge in [-0.15, -0.1) is 0 Å². The van der Waals surface area contributed by atoms with Gasteiger partial charge in [0.25, 0.3) is 0 Å². The molecule has 0 aliphatic carbocycles. The monoisotopic (exact) mass is 265 g/mol. The molecule has 2 rings (SSSR count). The summed E-state index contributed by atoms with van der Waals surface area (Å²) in [5.41, 5.74) is 2.02. The lowest BCUT2D eigenvalue weighted by molar-refractivity contribution is -0.136. The first-order valence-corrected chi connectivity index (χ1v) is 7.51. The van der Waals surface area contributed by atoms with Crippen LogP contribution in [0.3, 0.4) is 0 Å². The molecule has 0 aromatic heterocycles. The normalized spacial score (nSPS) is 19.7. The molecule has 98 valence electrons. The zero-order chi connectivity index (χ0) is 12.8. The quantitative estimate of drug-likeness (QED) is 0.857. The zero-order valence-electron chi connectivity index (χ0n) is 10.4. The number of rotatable bonds is 5.